The maximum atomic E-state index is 11.9. The molecule has 2 rings (SSSR count). The van der Waals surface area contributed by atoms with Crippen LogP contribution in [-0.4, -0.2) is 18.7 Å². The first-order valence-electron chi connectivity index (χ1n) is 4.81. The predicted molar refractivity (Wildman–Crippen MR) is 53.6 cm³/mol. The Bertz CT molecular complexity index is 413. The van der Waals surface area contributed by atoms with E-state index in [0.717, 1.165) is 12.8 Å². The molecule has 0 bridgehead atoms. The third kappa shape index (κ3) is 1.54. The minimum absolute atomic E-state index is 0.178. The fourth-order valence-corrected chi connectivity index (χ4v) is 3.69. The summed E-state index contributed by atoms with van der Waals surface area (Å²) < 4.78 is 23.8. The molecular formula is C10H13NO2S. The maximum absolute atomic E-state index is 11.9. The third-order valence-corrected chi connectivity index (χ3v) is 4.91. The van der Waals surface area contributed by atoms with E-state index >= 15 is 0 Å². The number of nitrogens with zero attached hydrogens (tertiary/aromatic N) is 1. The van der Waals surface area contributed by atoms with Crippen LogP contribution in [0.4, 0.5) is 0 Å². The van der Waals surface area contributed by atoms with Gasteiger partial charge in [0, 0.05) is 6.20 Å². The zero-order chi connectivity index (χ0) is 10.2. The number of rotatable bonds is 3. The highest BCUT2D eigenvalue weighted by Gasteiger charge is 2.46. The van der Waals surface area contributed by atoms with Crippen LogP contribution in [0.2, 0.25) is 0 Å². The highest BCUT2D eigenvalue weighted by molar-refractivity contribution is 7.92. The Morgan fingerprint density at radius 1 is 1.50 bits per heavy atom. The van der Waals surface area contributed by atoms with Crippen LogP contribution in [0.15, 0.2) is 29.4 Å². The van der Waals surface area contributed by atoms with Crippen LogP contribution >= 0.6 is 0 Å². The van der Waals surface area contributed by atoms with E-state index in [2.05, 4.69) is 4.98 Å². The van der Waals surface area contributed by atoms with Crippen LogP contribution in [0.3, 0.4) is 0 Å². The number of sulfone groups is 1. The molecule has 1 aliphatic rings. The van der Waals surface area contributed by atoms with Gasteiger partial charge in [0.05, 0.1) is 5.25 Å². The minimum Gasteiger partial charge on any atom is -0.245 e. The molecule has 0 unspecified atom stereocenters. The lowest BCUT2D eigenvalue weighted by atomic mass is 10.3. The molecule has 1 saturated carbocycles. The monoisotopic (exact) mass is 211 g/mol. The van der Waals surface area contributed by atoms with Gasteiger partial charge >= 0.3 is 0 Å². The smallest absolute Gasteiger partial charge is 0.198 e. The SMILES string of the molecule is CC[C@@H]1C[C@H]1S(=O)(=O)c1ccccn1. The standard InChI is InChI=1S/C10H13NO2S/c1-2-8-7-9(8)14(12,13)10-5-3-4-6-11-10/h3-6,8-9H,2,7H2,1H3/t8-,9-/m1/s1. The van der Waals surface area contributed by atoms with Crippen LogP contribution in [0.1, 0.15) is 19.8 Å². The molecule has 4 heteroatoms. The van der Waals surface area contributed by atoms with Crippen LogP contribution < -0.4 is 0 Å². The van der Waals surface area contributed by atoms with E-state index in [0.29, 0.717) is 5.92 Å². The fourth-order valence-electron chi connectivity index (χ4n) is 1.70. The first kappa shape index (κ1) is 9.65. The summed E-state index contributed by atoms with van der Waals surface area (Å²) in [6.07, 6.45) is 3.27. The Hall–Kier alpha value is -0.900. The summed E-state index contributed by atoms with van der Waals surface area (Å²) >= 11 is 0. The Balaban J connectivity index is 2.27. The zero-order valence-corrected chi connectivity index (χ0v) is 8.87. The van der Waals surface area contributed by atoms with Crippen molar-refractivity contribution in [3.05, 3.63) is 24.4 Å². The second-order valence-corrected chi connectivity index (χ2v) is 5.77. The highest BCUT2D eigenvalue weighted by Crippen LogP contribution is 2.41. The predicted octanol–water partition coefficient (Wildman–Crippen LogP) is 1.65. The molecule has 1 heterocycles. The molecule has 0 saturated heterocycles. The van der Waals surface area contributed by atoms with E-state index in [1.54, 1.807) is 18.2 Å². The van der Waals surface area contributed by atoms with Gasteiger partial charge in [-0.15, -0.1) is 0 Å². The summed E-state index contributed by atoms with van der Waals surface area (Å²) in [7, 11) is -3.14. The van der Waals surface area contributed by atoms with Crippen LogP contribution in [0.5, 0.6) is 0 Å². The van der Waals surface area contributed by atoms with Gasteiger partial charge in [-0.3, -0.25) is 0 Å². The van der Waals surface area contributed by atoms with E-state index < -0.39 is 9.84 Å². The van der Waals surface area contributed by atoms with Crippen molar-refractivity contribution in [1.82, 2.24) is 4.98 Å². The molecule has 1 aliphatic carbocycles. The summed E-state index contributed by atoms with van der Waals surface area (Å²) in [4.78, 5) is 3.89. The first-order chi connectivity index (χ1) is 6.66. The number of hydrogen-bond acceptors (Lipinski definition) is 3. The number of hydrogen-bond donors (Lipinski definition) is 0. The summed E-state index contributed by atoms with van der Waals surface area (Å²) in [5, 5.41) is 0.0448. The lowest BCUT2D eigenvalue weighted by molar-refractivity contribution is 0.587. The summed E-state index contributed by atoms with van der Waals surface area (Å²) in [6.45, 7) is 2.03. The van der Waals surface area contributed by atoms with Gasteiger partial charge in [0.15, 0.2) is 14.9 Å². The Morgan fingerprint density at radius 3 is 2.79 bits per heavy atom. The summed E-state index contributed by atoms with van der Waals surface area (Å²) in [6, 6.07) is 5.01. The van der Waals surface area contributed by atoms with E-state index in [1.807, 2.05) is 6.92 Å². The molecular weight excluding hydrogens is 198 g/mol. The molecule has 76 valence electrons. The lowest BCUT2D eigenvalue weighted by Gasteiger charge is -2.00. The largest absolute Gasteiger partial charge is 0.245 e. The van der Waals surface area contributed by atoms with Crippen molar-refractivity contribution < 1.29 is 8.42 Å². The first-order valence-corrected chi connectivity index (χ1v) is 6.36. The van der Waals surface area contributed by atoms with Gasteiger partial charge in [0.2, 0.25) is 0 Å². The van der Waals surface area contributed by atoms with E-state index in [1.165, 1.54) is 6.20 Å². The van der Waals surface area contributed by atoms with Crippen molar-refractivity contribution in [2.24, 2.45) is 5.92 Å². The minimum atomic E-state index is -3.14. The molecule has 1 aromatic heterocycles. The van der Waals surface area contributed by atoms with Crippen LogP contribution in [-0.2, 0) is 9.84 Å². The lowest BCUT2D eigenvalue weighted by Crippen LogP contribution is -2.10. The topological polar surface area (TPSA) is 47.0 Å². The molecule has 14 heavy (non-hydrogen) atoms. The second kappa shape index (κ2) is 3.35. The highest BCUT2D eigenvalue weighted by atomic mass is 32.2. The van der Waals surface area contributed by atoms with Crippen molar-refractivity contribution >= 4 is 9.84 Å². The summed E-state index contributed by atoms with van der Waals surface area (Å²) in [5.74, 6) is 0.349. The average Bonchev–Trinajstić information content (AvgIpc) is 2.98. The molecule has 0 aromatic carbocycles. The van der Waals surface area contributed by atoms with Crippen molar-refractivity contribution in [2.45, 2.75) is 30.0 Å². The Kier molecular flexibility index (Phi) is 2.31. The average molecular weight is 211 g/mol. The molecule has 3 nitrogen and oxygen atoms in total. The van der Waals surface area contributed by atoms with Crippen LogP contribution in [0, 0.1) is 5.92 Å². The summed E-state index contributed by atoms with van der Waals surface area (Å²) in [5.41, 5.74) is 0. The van der Waals surface area contributed by atoms with E-state index in [4.69, 9.17) is 0 Å². The van der Waals surface area contributed by atoms with Gasteiger partial charge in [-0.1, -0.05) is 19.4 Å². The zero-order valence-electron chi connectivity index (χ0n) is 8.05. The van der Waals surface area contributed by atoms with Gasteiger partial charge in [0.1, 0.15) is 0 Å². The fraction of sp³-hybridized carbons (Fsp3) is 0.500. The molecule has 0 spiro atoms. The number of pyridine rings is 1. The van der Waals surface area contributed by atoms with Gasteiger partial charge < -0.3 is 0 Å². The molecule has 0 radical (unpaired) electrons. The quantitative estimate of drug-likeness (QED) is 0.763. The Labute approximate surface area is 84.1 Å². The van der Waals surface area contributed by atoms with Crippen molar-refractivity contribution in [3.8, 4) is 0 Å². The van der Waals surface area contributed by atoms with Crippen molar-refractivity contribution in [2.75, 3.05) is 0 Å². The maximum Gasteiger partial charge on any atom is 0.198 e. The molecule has 0 amide bonds. The Morgan fingerprint density at radius 2 is 2.29 bits per heavy atom. The van der Waals surface area contributed by atoms with Gasteiger partial charge in [-0.05, 0) is 24.5 Å². The molecule has 1 aromatic rings. The molecule has 0 aliphatic heterocycles. The molecule has 2 atom stereocenters. The van der Waals surface area contributed by atoms with Crippen molar-refractivity contribution in [1.29, 1.82) is 0 Å². The van der Waals surface area contributed by atoms with Gasteiger partial charge in [-0.25, -0.2) is 13.4 Å². The van der Waals surface area contributed by atoms with Crippen LogP contribution in [0.25, 0.3) is 0 Å². The van der Waals surface area contributed by atoms with E-state index in [-0.39, 0.29) is 10.3 Å². The molecule has 0 N–H and O–H groups in total. The van der Waals surface area contributed by atoms with Gasteiger partial charge in [-0.2, -0.15) is 0 Å². The van der Waals surface area contributed by atoms with Gasteiger partial charge in [0.25, 0.3) is 0 Å². The second-order valence-electron chi connectivity index (χ2n) is 3.66. The normalized spacial score (nSPS) is 26.1. The molecule has 1 fully saturated rings. The van der Waals surface area contributed by atoms with Crippen molar-refractivity contribution in [3.63, 3.8) is 0 Å². The number of aromatic nitrogens is 1. The third-order valence-electron chi connectivity index (χ3n) is 2.71. The van der Waals surface area contributed by atoms with E-state index in [9.17, 15) is 8.42 Å².